The molecule has 0 saturated heterocycles. The molecule has 0 heterocycles. The lowest BCUT2D eigenvalue weighted by molar-refractivity contribution is 0.0955. The Kier molecular flexibility index (Phi) is 5.72. The van der Waals surface area contributed by atoms with Gasteiger partial charge in [0.25, 0.3) is 5.91 Å². The number of amides is 1. The third-order valence-electron chi connectivity index (χ3n) is 3.39. The van der Waals surface area contributed by atoms with E-state index in [-0.39, 0.29) is 18.7 Å². The van der Waals surface area contributed by atoms with E-state index >= 15 is 0 Å². The Bertz CT molecular complexity index is 888. The molecule has 0 unspecified atom stereocenters. The first kappa shape index (κ1) is 18.4. The summed E-state index contributed by atoms with van der Waals surface area (Å²) < 4.78 is 37.9. The van der Waals surface area contributed by atoms with Gasteiger partial charge in [-0.3, -0.25) is 9.10 Å². The van der Waals surface area contributed by atoms with Crippen LogP contribution in [0.15, 0.2) is 48.5 Å². The molecule has 0 aliphatic rings. The summed E-state index contributed by atoms with van der Waals surface area (Å²) in [6.07, 6.45) is 1.06. The van der Waals surface area contributed by atoms with Crippen LogP contribution in [0.4, 0.5) is 10.1 Å². The molecule has 1 amide bonds. The molecule has 0 atom stereocenters. The van der Waals surface area contributed by atoms with Crippen molar-refractivity contribution >= 4 is 21.6 Å². The highest BCUT2D eigenvalue weighted by Gasteiger charge is 2.17. The Hall–Kier alpha value is -2.92. The molecule has 130 valence electrons. The third-order valence-corrected chi connectivity index (χ3v) is 4.59. The normalized spacial score (nSPS) is 10.8. The van der Waals surface area contributed by atoms with Crippen LogP contribution in [0.2, 0.25) is 0 Å². The van der Waals surface area contributed by atoms with Gasteiger partial charge in [0.2, 0.25) is 10.0 Å². The zero-order valence-corrected chi connectivity index (χ0v) is 14.3. The van der Waals surface area contributed by atoms with Gasteiger partial charge in [0.1, 0.15) is 5.82 Å². The molecule has 2 aromatic carbocycles. The van der Waals surface area contributed by atoms with E-state index in [9.17, 15) is 17.6 Å². The maximum atomic E-state index is 12.9. The van der Waals surface area contributed by atoms with Gasteiger partial charge in [0.15, 0.2) is 0 Å². The van der Waals surface area contributed by atoms with Crippen molar-refractivity contribution in [3.63, 3.8) is 0 Å². The van der Waals surface area contributed by atoms with E-state index in [0.29, 0.717) is 11.3 Å². The molecule has 0 saturated carbocycles. The molecule has 0 spiro atoms. The quantitative estimate of drug-likeness (QED) is 0.851. The minimum absolute atomic E-state index is 0.0255. The van der Waals surface area contributed by atoms with Crippen molar-refractivity contribution in [3.8, 4) is 6.07 Å². The van der Waals surface area contributed by atoms with Crippen LogP contribution in [0.25, 0.3) is 0 Å². The lowest BCUT2D eigenvalue weighted by Gasteiger charge is -2.22. The maximum absolute atomic E-state index is 12.9. The molecule has 0 bridgehead atoms. The summed E-state index contributed by atoms with van der Waals surface area (Å²) in [4.78, 5) is 12.0. The van der Waals surface area contributed by atoms with Crippen LogP contribution in [-0.4, -0.2) is 33.7 Å². The summed E-state index contributed by atoms with van der Waals surface area (Å²) in [5, 5.41) is 11.4. The number of benzene rings is 2. The van der Waals surface area contributed by atoms with Crippen LogP contribution >= 0.6 is 0 Å². The molecule has 0 radical (unpaired) electrons. The topological polar surface area (TPSA) is 90.3 Å². The van der Waals surface area contributed by atoms with Crippen LogP contribution in [-0.2, 0) is 10.0 Å². The number of nitriles is 1. The second-order valence-electron chi connectivity index (χ2n) is 5.26. The van der Waals surface area contributed by atoms with Crippen molar-refractivity contribution in [1.82, 2.24) is 5.32 Å². The van der Waals surface area contributed by atoms with Gasteiger partial charge in [0, 0.05) is 12.1 Å². The largest absolute Gasteiger partial charge is 0.350 e. The fraction of sp³-hybridized carbons (Fsp3) is 0.176. The molecule has 1 N–H and O–H groups in total. The average Bonchev–Trinajstić information content (AvgIpc) is 2.58. The van der Waals surface area contributed by atoms with Crippen LogP contribution < -0.4 is 9.62 Å². The number of carbonyl (C=O) groups is 1. The summed E-state index contributed by atoms with van der Waals surface area (Å²) >= 11 is 0. The SMILES string of the molecule is CS(=O)(=O)N(CCNC(=O)c1ccc(F)cc1)c1ccc(C#N)cc1. The highest BCUT2D eigenvalue weighted by molar-refractivity contribution is 7.92. The van der Waals surface area contributed by atoms with E-state index in [1.807, 2.05) is 6.07 Å². The summed E-state index contributed by atoms with van der Waals surface area (Å²) in [5.74, 6) is -0.867. The molecular formula is C17H16FN3O3S. The van der Waals surface area contributed by atoms with E-state index in [1.54, 1.807) is 0 Å². The lowest BCUT2D eigenvalue weighted by Crippen LogP contribution is -2.38. The van der Waals surface area contributed by atoms with Gasteiger partial charge >= 0.3 is 0 Å². The second-order valence-corrected chi connectivity index (χ2v) is 7.16. The Morgan fingerprint density at radius 2 is 1.76 bits per heavy atom. The predicted molar refractivity (Wildman–Crippen MR) is 92.1 cm³/mol. The number of halogens is 1. The first-order valence-corrected chi connectivity index (χ1v) is 9.18. The molecule has 0 fully saturated rings. The number of anilines is 1. The molecule has 2 rings (SSSR count). The van der Waals surface area contributed by atoms with Gasteiger partial charge in [-0.25, -0.2) is 12.8 Å². The van der Waals surface area contributed by atoms with Crippen molar-refractivity contribution in [2.75, 3.05) is 23.7 Å². The Balaban J connectivity index is 2.04. The van der Waals surface area contributed by atoms with Crippen LogP contribution in [0, 0.1) is 17.1 Å². The monoisotopic (exact) mass is 361 g/mol. The highest BCUT2D eigenvalue weighted by Crippen LogP contribution is 2.17. The van der Waals surface area contributed by atoms with E-state index in [1.165, 1.54) is 48.5 Å². The predicted octanol–water partition coefficient (Wildman–Crippen LogP) is 1.89. The summed E-state index contributed by atoms with van der Waals surface area (Å²) in [7, 11) is -3.56. The molecule has 6 nitrogen and oxygen atoms in total. The van der Waals surface area contributed by atoms with Crippen molar-refractivity contribution in [1.29, 1.82) is 5.26 Å². The Morgan fingerprint density at radius 3 is 2.28 bits per heavy atom. The molecule has 0 aromatic heterocycles. The summed E-state index contributed by atoms with van der Waals surface area (Å²) in [6, 6.07) is 13.1. The first-order valence-electron chi connectivity index (χ1n) is 7.33. The van der Waals surface area contributed by atoms with Crippen LogP contribution in [0.3, 0.4) is 0 Å². The number of carbonyl (C=O) groups excluding carboxylic acids is 1. The number of hydrogen-bond donors (Lipinski definition) is 1. The van der Waals surface area contributed by atoms with Gasteiger partial charge in [-0.15, -0.1) is 0 Å². The minimum Gasteiger partial charge on any atom is -0.350 e. The number of nitrogens with zero attached hydrogens (tertiary/aromatic N) is 2. The molecule has 25 heavy (non-hydrogen) atoms. The van der Waals surface area contributed by atoms with Gasteiger partial charge in [-0.1, -0.05) is 0 Å². The standard InChI is InChI=1S/C17H16FN3O3S/c1-25(23,24)21(16-8-2-13(12-19)3-9-16)11-10-20-17(22)14-4-6-15(18)7-5-14/h2-9H,10-11H2,1H3,(H,20,22). The van der Waals surface area contributed by atoms with Crippen LogP contribution in [0.5, 0.6) is 0 Å². The molecule has 0 aliphatic carbocycles. The van der Waals surface area contributed by atoms with E-state index < -0.39 is 21.7 Å². The lowest BCUT2D eigenvalue weighted by atomic mass is 10.2. The van der Waals surface area contributed by atoms with Gasteiger partial charge in [-0.2, -0.15) is 5.26 Å². The fourth-order valence-corrected chi connectivity index (χ4v) is 3.09. The first-order chi connectivity index (χ1) is 11.8. The van der Waals surface area contributed by atoms with E-state index in [0.717, 1.165) is 10.6 Å². The summed E-state index contributed by atoms with van der Waals surface area (Å²) in [5.41, 5.74) is 1.10. The number of hydrogen-bond acceptors (Lipinski definition) is 4. The molecular weight excluding hydrogens is 345 g/mol. The minimum atomic E-state index is -3.56. The Labute approximate surface area is 145 Å². The molecule has 2 aromatic rings. The highest BCUT2D eigenvalue weighted by atomic mass is 32.2. The zero-order chi connectivity index (χ0) is 18.4. The number of rotatable bonds is 6. The van der Waals surface area contributed by atoms with Crippen molar-refractivity contribution < 1.29 is 17.6 Å². The van der Waals surface area contributed by atoms with E-state index in [2.05, 4.69) is 5.32 Å². The van der Waals surface area contributed by atoms with Gasteiger partial charge in [-0.05, 0) is 48.5 Å². The third kappa shape index (κ3) is 5.02. The molecule has 8 heteroatoms. The fourth-order valence-electron chi connectivity index (χ4n) is 2.16. The summed E-state index contributed by atoms with van der Waals surface area (Å²) in [6.45, 7) is 0.0982. The van der Waals surface area contributed by atoms with Gasteiger partial charge < -0.3 is 5.32 Å². The molecule has 0 aliphatic heterocycles. The van der Waals surface area contributed by atoms with E-state index in [4.69, 9.17) is 5.26 Å². The zero-order valence-electron chi connectivity index (χ0n) is 13.4. The maximum Gasteiger partial charge on any atom is 0.251 e. The smallest absolute Gasteiger partial charge is 0.251 e. The number of sulfonamides is 1. The average molecular weight is 361 g/mol. The van der Waals surface area contributed by atoms with Crippen molar-refractivity contribution in [3.05, 3.63) is 65.5 Å². The van der Waals surface area contributed by atoms with Crippen molar-refractivity contribution in [2.24, 2.45) is 0 Å². The second kappa shape index (κ2) is 7.77. The van der Waals surface area contributed by atoms with Gasteiger partial charge in [0.05, 0.1) is 30.1 Å². The Morgan fingerprint density at radius 1 is 1.16 bits per heavy atom. The number of nitrogens with one attached hydrogen (secondary N) is 1. The van der Waals surface area contributed by atoms with Crippen molar-refractivity contribution in [2.45, 2.75) is 0 Å². The van der Waals surface area contributed by atoms with Crippen LogP contribution in [0.1, 0.15) is 15.9 Å².